The summed E-state index contributed by atoms with van der Waals surface area (Å²) in [7, 11) is 0. The van der Waals surface area contributed by atoms with Gasteiger partial charge in [0.25, 0.3) is 5.91 Å². The van der Waals surface area contributed by atoms with Crippen molar-refractivity contribution in [2.45, 2.75) is 31.8 Å². The molecule has 1 aliphatic rings. The van der Waals surface area contributed by atoms with Gasteiger partial charge in [-0.1, -0.05) is 36.4 Å². The summed E-state index contributed by atoms with van der Waals surface area (Å²) in [5.41, 5.74) is 9.57. The highest BCUT2D eigenvalue weighted by Gasteiger charge is 2.19. The van der Waals surface area contributed by atoms with E-state index in [1.165, 1.54) is 17.5 Å². The predicted molar refractivity (Wildman–Crippen MR) is 95.9 cm³/mol. The van der Waals surface area contributed by atoms with Gasteiger partial charge in [0.2, 0.25) is 0 Å². The average Bonchev–Trinajstić information content (AvgIpc) is 2.62. The smallest absolute Gasteiger partial charge is 0.253 e. The second kappa shape index (κ2) is 7.97. The Morgan fingerprint density at radius 3 is 2.83 bits per heavy atom. The number of amides is 1. The van der Waals surface area contributed by atoms with Gasteiger partial charge in [-0.05, 0) is 48.9 Å². The Bertz CT molecular complexity index is 700. The fraction of sp³-hybridized carbons (Fsp3) is 0.350. The first kappa shape index (κ1) is 16.5. The minimum absolute atomic E-state index is 0.129. The number of nitrogens with one attached hydrogen (secondary N) is 1. The van der Waals surface area contributed by atoms with Crippen LogP contribution in [0.25, 0.3) is 0 Å². The molecule has 3 rings (SSSR count). The van der Waals surface area contributed by atoms with Crippen molar-refractivity contribution in [3.05, 3.63) is 65.2 Å². The normalized spacial score (nSPS) is 16.4. The third kappa shape index (κ3) is 3.95. The first-order valence-corrected chi connectivity index (χ1v) is 8.58. The van der Waals surface area contributed by atoms with Crippen molar-refractivity contribution in [2.24, 2.45) is 0 Å². The molecule has 4 nitrogen and oxygen atoms in total. The number of benzene rings is 2. The number of nitrogens with two attached hydrogens (primary N) is 1. The van der Waals surface area contributed by atoms with Crippen LogP contribution in [-0.4, -0.2) is 19.1 Å². The van der Waals surface area contributed by atoms with Gasteiger partial charge in [0.15, 0.2) is 0 Å². The Kier molecular flexibility index (Phi) is 5.49. The van der Waals surface area contributed by atoms with E-state index in [1.807, 2.05) is 12.1 Å². The predicted octanol–water partition coefficient (Wildman–Crippen LogP) is 3.48. The fourth-order valence-electron chi connectivity index (χ4n) is 3.18. The summed E-state index contributed by atoms with van der Waals surface area (Å²) < 4.78 is 6.04. The Labute approximate surface area is 143 Å². The molecule has 0 heterocycles. The van der Waals surface area contributed by atoms with Crippen molar-refractivity contribution in [1.29, 1.82) is 0 Å². The second-order valence-electron chi connectivity index (χ2n) is 6.15. The molecular weight excluding hydrogens is 300 g/mol. The van der Waals surface area contributed by atoms with Gasteiger partial charge in [-0.2, -0.15) is 0 Å². The second-order valence-corrected chi connectivity index (χ2v) is 6.15. The zero-order valence-electron chi connectivity index (χ0n) is 13.8. The van der Waals surface area contributed by atoms with Gasteiger partial charge < -0.3 is 15.8 Å². The summed E-state index contributed by atoms with van der Waals surface area (Å²) in [6.45, 7) is 1.23. The molecule has 0 spiro atoms. The minimum atomic E-state index is -0.129. The molecular formula is C20H24N2O2. The van der Waals surface area contributed by atoms with Crippen LogP contribution in [0.15, 0.2) is 48.5 Å². The van der Waals surface area contributed by atoms with Crippen molar-refractivity contribution < 1.29 is 9.53 Å². The Morgan fingerprint density at radius 2 is 1.96 bits per heavy atom. The molecule has 4 heteroatoms. The van der Waals surface area contributed by atoms with Crippen LogP contribution in [0.5, 0.6) is 0 Å². The average molecular weight is 324 g/mol. The van der Waals surface area contributed by atoms with Crippen LogP contribution < -0.4 is 11.1 Å². The molecule has 3 N–H and O–H groups in total. The highest BCUT2D eigenvalue weighted by Crippen LogP contribution is 2.32. The van der Waals surface area contributed by atoms with Crippen molar-refractivity contribution in [3.63, 3.8) is 0 Å². The molecule has 24 heavy (non-hydrogen) atoms. The lowest BCUT2D eigenvalue weighted by molar-refractivity contribution is 0.0393. The number of anilines is 1. The Balaban J connectivity index is 1.42. The monoisotopic (exact) mass is 324 g/mol. The highest BCUT2D eigenvalue weighted by molar-refractivity contribution is 5.98. The molecule has 0 radical (unpaired) electrons. The third-order valence-electron chi connectivity index (χ3n) is 4.45. The van der Waals surface area contributed by atoms with E-state index >= 15 is 0 Å². The zero-order valence-corrected chi connectivity index (χ0v) is 13.8. The van der Waals surface area contributed by atoms with E-state index in [0.717, 1.165) is 19.3 Å². The number of aryl methyl sites for hydroxylation is 1. The summed E-state index contributed by atoms with van der Waals surface area (Å²) in [6.07, 6.45) is 4.37. The number of hydrogen-bond donors (Lipinski definition) is 2. The van der Waals surface area contributed by atoms with Crippen LogP contribution >= 0.6 is 0 Å². The van der Waals surface area contributed by atoms with Gasteiger partial charge in [0, 0.05) is 18.8 Å². The quantitative estimate of drug-likeness (QED) is 0.631. The fourth-order valence-corrected chi connectivity index (χ4v) is 3.18. The summed E-state index contributed by atoms with van der Waals surface area (Å²) in [5, 5.41) is 2.90. The Morgan fingerprint density at radius 1 is 1.17 bits per heavy atom. The van der Waals surface area contributed by atoms with Crippen molar-refractivity contribution in [2.75, 3.05) is 18.9 Å². The van der Waals surface area contributed by atoms with Crippen LogP contribution in [0, 0.1) is 0 Å². The van der Waals surface area contributed by atoms with E-state index in [9.17, 15) is 4.79 Å². The standard InChI is InChI=1S/C20H24N2O2/c21-18-11-4-3-10-17(18)20(23)22-13-6-14-24-19-12-5-8-15-7-1-2-9-16(15)19/h1-4,7,9-11,19H,5-6,8,12-14,21H2,(H,22,23). The van der Waals surface area contributed by atoms with Gasteiger partial charge in [0.05, 0.1) is 11.7 Å². The SMILES string of the molecule is Nc1ccccc1C(=O)NCCCOC1CCCc2ccccc21. The summed E-state index contributed by atoms with van der Waals surface area (Å²) in [6, 6.07) is 15.6. The van der Waals surface area contributed by atoms with Crippen molar-refractivity contribution in [1.82, 2.24) is 5.32 Å². The molecule has 0 bridgehead atoms. The van der Waals surface area contributed by atoms with Gasteiger partial charge in [-0.3, -0.25) is 4.79 Å². The largest absolute Gasteiger partial charge is 0.398 e. The van der Waals surface area contributed by atoms with Crippen LogP contribution in [0.4, 0.5) is 5.69 Å². The van der Waals surface area contributed by atoms with Gasteiger partial charge in [-0.15, -0.1) is 0 Å². The lowest BCUT2D eigenvalue weighted by Crippen LogP contribution is -2.26. The van der Waals surface area contributed by atoms with Crippen LogP contribution in [0.3, 0.4) is 0 Å². The minimum Gasteiger partial charge on any atom is -0.398 e. The van der Waals surface area contributed by atoms with E-state index in [4.69, 9.17) is 10.5 Å². The van der Waals surface area contributed by atoms with Gasteiger partial charge >= 0.3 is 0 Å². The maximum absolute atomic E-state index is 12.1. The number of hydrogen-bond acceptors (Lipinski definition) is 3. The molecule has 0 fully saturated rings. The Hall–Kier alpha value is -2.33. The molecule has 2 aromatic rings. The number of carbonyl (C=O) groups excluding carboxylic acids is 1. The molecule has 0 saturated heterocycles. The van der Waals surface area contributed by atoms with Crippen LogP contribution in [0.1, 0.15) is 46.9 Å². The van der Waals surface area contributed by atoms with Gasteiger partial charge in [-0.25, -0.2) is 0 Å². The van der Waals surface area contributed by atoms with E-state index in [1.54, 1.807) is 12.1 Å². The summed E-state index contributed by atoms with van der Waals surface area (Å²) in [4.78, 5) is 12.1. The van der Waals surface area contributed by atoms with Crippen molar-refractivity contribution in [3.8, 4) is 0 Å². The summed E-state index contributed by atoms with van der Waals surface area (Å²) >= 11 is 0. The van der Waals surface area contributed by atoms with Crippen molar-refractivity contribution >= 4 is 11.6 Å². The number of para-hydroxylation sites is 1. The number of carbonyl (C=O) groups is 1. The maximum Gasteiger partial charge on any atom is 0.253 e. The number of fused-ring (bicyclic) bond motifs is 1. The van der Waals surface area contributed by atoms with Gasteiger partial charge in [0.1, 0.15) is 0 Å². The number of ether oxygens (including phenoxy) is 1. The summed E-state index contributed by atoms with van der Waals surface area (Å²) in [5.74, 6) is -0.129. The maximum atomic E-state index is 12.1. The molecule has 1 amide bonds. The molecule has 1 aliphatic carbocycles. The molecule has 1 atom stereocenters. The molecule has 2 aromatic carbocycles. The molecule has 0 aromatic heterocycles. The molecule has 1 unspecified atom stereocenters. The lowest BCUT2D eigenvalue weighted by Gasteiger charge is -2.25. The zero-order chi connectivity index (χ0) is 16.8. The lowest BCUT2D eigenvalue weighted by atomic mass is 9.89. The van der Waals surface area contributed by atoms with Crippen LogP contribution in [-0.2, 0) is 11.2 Å². The molecule has 0 saturated carbocycles. The van der Waals surface area contributed by atoms with E-state index in [0.29, 0.717) is 24.4 Å². The first-order valence-electron chi connectivity index (χ1n) is 8.58. The molecule has 126 valence electrons. The number of rotatable bonds is 6. The molecule has 0 aliphatic heterocycles. The van der Waals surface area contributed by atoms with E-state index in [2.05, 4.69) is 29.6 Å². The first-order chi connectivity index (χ1) is 11.8. The van der Waals surface area contributed by atoms with E-state index in [-0.39, 0.29) is 12.0 Å². The van der Waals surface area contributed by atoms with Crippen LogP contribution in [0.2, 0.25) is 0 Å². The highest BCUT2D eigenvalue weighted by atomic mass is 16.5. The van der Waals surface area contributed by atoms with E-state index < -0.39 is 0 Å². The third-order valence-corrected chi connectivity index (χ3v) is 4.45. The number of nitrogen functional groups attached to an aromatic ring is 1. The topological polar surface area (TPSA) is 64.4 Å².